The van der Waals surface area contributed by atoms with Gasteiger partial charge in [0.05, 0.1) is 26.4 Å². The molecule has 1 heterocycles. The van der Waals surface area contributed by atoms with E-state index < -0.39 is 6.10 Å². The molecular weight excluding hydrogens is 278 g/mol. The normalized spacial score (nSPS) is 18.2. The van der Waals surface area contributed by atoms with E-state index in [1.54, 1.807) is 7.11 Å². The molecule has 1 fully saturated rings. The minimum atomic E-state index is -0.435. The number of ether oxygens (including phenoxy) is 2. The van der Waals surface area contributed by atoms with Gasteiger partial charge < -0.3 is 14.6 Å². The topological polar surface area (TPSA) is 41.9 Å². The minimum Gasteiger partial charge on any atom is -0.496 e. The number of hydrogen-bond donors (Lipinski definition) is 1. The third-order valence-electron chi connectivity index (χ3n) is 4.24. The van der Waals surface area contributed by atoms with Crippen LogP contribution in [-0.4, -0.2) is 50.0 Å². The lowest BCUT2D eigenvalue weighted by Crippen LogP contribution is -2.37. The van der Waals surface area contributed by atoms with Gasteiger partial charge in [-0.05, 0) is 35.1 Å². The Labute approximate surface area is 134 Å². The molecule has 2 rings (SSSR count). The predicted molar refractivity (Wildman–Crippen MR) is 88.5 cm³/mol. The molecule has 1 aliphatic rings. The fraction of sp³-hybridized carbons (Fsp3) is 0.667. The van der Waals surface area contributed by atoms with E-state index in [4.69, 9.17) is 9.47 Å². The summed E-state index contributed by atoms with van der Waals surface area (Å²) >= 11 is 0. The van der Waals surface area contributed by atoms with Crippen LogP contribution in [-0.2, 0) is 10.2 Å². The highest BCUT2D eigenvalue weighted by molar-refractivity contribution is 5.42. The van der Waals surface area contributed by atoms with Gasteiger partial charge in [-0.15, -0.1) is 0 Å². The molecule has 1 N–H and O–H groups in total. The quantitative estimate of drug-likeness (QED) is 0.908. The van der Waals surface area contributed by atoms with Crippen LogP contribution in [0.5, 0.6) is 5.75 Å². The fourth-order valence-corrected chi connectivity index (χ4v) is 2.82. The Balaban J connectivity index is 2.04. The second-order valence-corrected chi connectivity index (χ2v) is 6.97. The van der Waals surface area contributed by atoms with E-state index >= 15 is 0 Å². The van der Waals surface area contributed by atoms with Gasteiger partial charge in [0.25, 0.3) is 0 Å². The van der Waals surface area contributed by atoms with Gasteiger partial charge in [0, 0.05) is 19.6 Å². The van der Waals surface area contributed by atoms with Crippen molar-refractivity contribution >= 4 is 0 Å². The Bertz CT molecular complexity index is 476. The van der Waals surface area contributed by atoms with E-state index in [9.17, 15) is 5.11 Å². The van der Waals surface area contributed by atoms with Crippen LogP contribution in [0.15, 0.2) is 18.2 Å². The van der Waals surface area contributed by atoms with Crippen molar-refractivity contribution in [3.63, 3.8) is 0 Å². The molecule has 1 aliphatic heterocycles. The third-order valence-corrected chi connectivity index (χ3v) is 4.24. The summed E-state index contributed by atoms with van der Waals surface area (Å²) in [4.78, 5) is 2.35. The smallest absolute Gasteiger partial charge is 0.122 e. The van der Waals surface area contributed by atoms with Crippen LogP contribution in [0.4, 0.5) is 0 Å². The van der Waals surface area contributed by atoms with Gasteiger partial charge in [0.2, 0.25) is 0 Å². The molecule has 0 aromatic heterocycles. The van der Waals surface area contributed by atoms with Crippen molar-refractivity contribution in [2.24, 2.45) is 0 Å². The van der Waals surface area contributed by atoms with Crippen LogP contribution >= 0.6 is 0 Å². The molecule has 0 radical (unpaired) electrons. The highest BCUT2D eigenvalue weighted by atomic mass is 16.5. The molecule has 0 amide bonds. The van der Waals surface area contributed by atoms with Gasteiger partial charge in [-0.2, -0.15) is 0 Å². The van der Waals surface area contributed by atoms with E-state index in [2.05, 4.69) is 31.7 Å². The molecule has 1 unspecified atom stereocenters. The summed E-state index contributed by atoms with van der Waals surface area (Å²) in [5.41, 5.74) is 2.10. The molecule has 124 valence electrons. The average Bonchev–Trinajstić information content (AvgIpc) is 2.52. The maximum absolute atomic E-state index is 10.5. The summed E-state index contributed by atoms with van der Waals surface area (Å²) in [6, 6.07) is 6.02. The monoisotopic (exact) mass is 307 g/mol. The Hall–Kier alpha value is -1.10. The van der Waals surface area contributed by atoms with Gasteiger partial charge in [-0.25, -0.2) is 0 Å². The van der Waals surface area contributed by atoms with Crippen molar-refractivity contribution in [1.29, 1.82) is 0 Å². The fourth-order valence-electron chi connectivity index (χ4n) is 2.82. The van der Waals surface area contributed by atoms with Crippen molar-refractivity contribution in [3.8, 4) is 5.75 Å². The standard InChI is InChI=1S/C18H29NO3/c1-18(2,3)15-13-14(5-6-17(15)21-4)16(20)7-8-19-9-11-22-12-10-19/h5-6,13,16,20H,7-12H2,1-4H3. The SMILES string of the molecule is COc1ccc(C(O)CCN2CCOCC2)cc1C(C)(C)C. The largest absolute Gasteiger partial charge is 0.496 e. The lowest BCUT2D eigenvalue weighted by molar-refractivity contribution is 0.0300. The highest BCUT2D eigenvalue weighted by Gasteiger charge is 2.21. The Kier molecular flexibility index (Phi) is 5.84. The molecule has 0 saturated carbocycles. The first-order chi connectivity index (χ1) is 10.4. The van der Waals surface area contributed by atoms with Crippen LogP contribution < -0.4 is 4.74 Å². The molecule has 22 heavy (non-hydrogen) atoms. The Morgan fingerprint density at radius 3 is 2.55 bits per heavy atom. The summed E-state index contributed by atoms with van der Waals surface area (Å²) in [6.45, 7) is 10.9. The lowest BCUT2D eigenvalue weighted by atomic mass is 9.84. The molecule has 4 nitrogen and oxygen atoms in total. The minimum absolute atomic E-state index is 0.00865. The zero-order chi connectivity index (χ0) is 16.2. The molecular formula is C18H29NO3. The van der Waals surface area contributed by atoms with E-state index in [0.29, 0.717) is 0 Å². The molecule has 1 aromatic rings. The van der Waals surface area contributed by atoms with Gasteiger partial charge in [0.15, 0.2) is 0 Å². The van der Waals surface area contributed by atoms with E-state index in [1.165, 1.54) is 0 Å². The van der Waals surface area contributed by atoms with Crippen LogP contribution in [0.2, 0.25) is 0 Å². The van der Waals surface area contributed by atoms with Gasteiger partial charge in [0.1, 0.15) is 5.75 Å². The number of rotatable bonds is 5. The third kappa shape index (κ3) is 4.45. The number of morpholine rings is 1. The van der Waals surface area contributed by atoms with Gasteiger partial charge >= 0.3 is 0 Å². The number of aliphatic hydroxyl groups is 1. The summed E-state index contributed by atoms with van der Waals surface area (Å²) in [5.74, 6) is 0.886. The van der Waals surface area contributed by atoms with Crippen LogP contribution in [0.1, 0.15) is 44.4 Å². The number of hydrogen-bond acceptors (Lipinski definition) is 4. The first kappa shape index (κ1) is 17.3. The number of aliphatic hydroxyl groups excluding tert-OH is 1. The van der Waals surface area contributed by atoms with Crippen molar-refractivity contribution in [2.45, 2.75) is 38.7 Å². The number of methoxy groups -OCH3 is 1. The van der Waals surface area contributed by atoms with Gasteiger partial charge in [-0.3, -0.25) is 4.90 Å². The van der Waals surface area contributed by atoms with Crippen LogP contribution in [0.25, 0.3) is 0 Å². The Morgan fingerprint density at radius 1 is 1.27 bits per heavy atom. The second kappa shape index (κ2) is 7.44. The molecule has 0 spiro atoms. The molecule has 0 bridgehead atoms. The van der Waals surface area contributed by atoms with Crippen molar-refractivity contribution in [1.82, 2.24) is 4.90 Å². The molecule has 1 atom stereocenters. The summed E-state index contributed by atoms with van der Waals surface area (Å²) in [5, 5.41) is 10.5. The zero-order valence-electron chi connectivity index (χ0n) is 14.3. The van der Waals surface area contributed by atoms with Crippen LogP contribution in [0.3, 0.4) is 0 Å². The van der Waals surface area contributed by atoms with E-state index in [0.717, 1.165) is 56.1 Å². The molecule has 0 aliphatic carbocycles. The zero-order valence-corrected chi connectivity index (χ0v) is 14.3. The maximum Gasteiger partial charge on any atom is 0.122 e. The van der Waals surface area contributed by atoms with Gasteiger partial charge in [-0.1, -0.05) is 26.8 Å². The Morgan fingerprint density at radius 2 is 1.95 bits per heavy atom. The number of benzene rings is 1. The second-order valence-electron chi connectivity index (χ2n) is 6.97. The van der Waals surface area contributed by atoms with Crippen LogP contribution in [0, 0.1) is 0 Å². The first-order valence-corrected chi connectivity index (χ1v) is 8.08. The van der Waals surface area contributed by atoms with E-state index in [-0.39, 0.29) is 5.41 Å². The molecule has 1 saturated heterocycles. The molecule has 4 heteroatoms. The van der Waals surface area contributed by atoms with Crippen molar-refractivity contribution in [2.75, 3.05) is 40.0 Å². The van der Waals surface area contributed by atoms with Crippen molar-refractivity contribution < 1.29 is 14.6 Å². The summed E-state index contributed by atoms with van der Waals surface area (Å²) in [6.07, 6.45) is 0.311. The first-order valence-electron chi connectivity index (χ1n) is 8.08. The predicted octanol–water partition coefficient (Wildman–Crippen LogP) is 2.75. The maximum atomic E-state index is 10.5. The summed E-state index contributed by atoms with van der Waals surface area (Å²) < 4.78 is 10.8. The molecule has 1 aromatic carbocycles. The average molecular weight is 307 g/mol. The van der Waals surface area contributed by atoms with E-state index in [1.807, 2.05) is 12.1 Å². The van der Waals surface area contributed by atoms with Crippen molar-refractivity contribution in [3.05, 3.63) is 29.3 Å². The summed E-state index contributed by atoms with van der Waals surface area (Å²) in [7, 11) is 1.69. The lowest BCUT2D eigenvalue weighted by Gasteiger charge is -2.28. The number of nitrogens with zero attached hydrogens (tertiary/aromatic N) is 1. The highest BCUT2D eigenvalue weighted by Crippen LogP contribution is 2.34.